The van der Waals surface area contributed by atoms with Crippen molar-refractivity contribution >= 4 is 15.7 Å². The van der Waals surface area contributed by atoms with Gasteiger partial charge in [-0.05, 0) is 38.1 Å². The monoisotopic (exact) mass is 322 g/mol. The highest BCUT2D eigenvalue weighted by Crippen LogP contribution is 2.30. The topological polar surface area (TPSA) is 77.5 Å². The van der Waals surface area contributed by atoms with Crippen LogP contribution in [0.4, 0.5) is 5.69 Å². The van der Waals surface area contributed by atoms with Crippen LogP contribution in [0.1, 0.15) is 13.8 Å². The van der Waals surface area contributed by atoms with Gasteiger partial charge in [0.15, 0.2) is 0 Å². The van der Waals surface area contributed by atoms with Crippen LogP contribution >= 0.6 is 0 Å². The molecule has 6 nitrogen and oxygen atoms in total. The third-order valence-electron chi connectivity index (χ3n) is 2.73. The third kappa shape index (κ3) is 3.88. The zero-order valence-corrected chi connectivity index (χ0v) is 13.3. The highest BCUT2D eigenvalue weighted by Gasteiger charge is 2.20. The van der Waals surface area contributed by atoms with E-state index in [1.54, 1.807) is 37.4 Å². The number of ether oxygens (including phenoxy) is 2. The zero-order chi connectivity index (χ0) is 16.0. The lowest BCUT2D eigenvalue weighted by Gasteiger charge is -2.14. The Balaban J connectivity index is 2.36. The van der Waals surface area contributed by atoms with E-state index in [-0.39, 0.29) is 10.6 Å². The van der Waals surface area contributed by atoms with Gasteiger partial charge >= 0.3 is 0 Å². The highest BCUT2D eigenvalue weighted by atomic mass is 32.2. The van der Waals surface area contributed by atoms with Crippen molar-refractivity contribution < 1.29 is 17.9 Å². The van der Waals surface area contributed by atoms with Crippen LogP contribution in [0.3, 0.4) is 0 Å². The summed E-state index contributed by atoms with van der Waals surface area (Å²) >= 11 is 0. The lowest BCUT2D eigenvalue weighted by molar-refractivity contribution is 0.317. The molecule has 1 aromatic heterocycles. The molecule has 0 aliphatic rings. The molecule has 0 saturated heterocycles. The second-order valence-corrected chi connectivity index (χ2v) is 5.97. The quantitative estimate of drug-likeness (QED) is 0.848. The molecule has 22 heavy (non-hydrogen) atoms. The second-order valence-electron chi connectivity index (χ2n) is 4.32. The van der Waals surface area contributed by atoms with Crippen LogP contribution in [0, 0.1) is 0 Å². The molecule has 7 heteroatoms. The first-order valence-corrected chi connectivity index (χ1v) is 8.37. The summed E-state index contributed by atoms with van der Waals surface area (Å²) in [6.07, 6.45) is 3.01. The number of nitrogens with one attached hydrogen (secondary N) is 1. The fourth-order valence-electron chi connectivity index (χ4n) is 1.87. The Morgan fingerprint density at radius 2 is 1.91 bits per heavy atom. The van der Waals surface area contributed by atoms with Crippen molar-refractivity contribution in [3.05, 3.63) is 42.7 Å². The number of benzene rings is 1. The highest BCUT2D eigenvalue weighted by molar-refractivity contribution is 7.92. The summed E-state index contributed by atoms with van der Waals surface area (Å²) in [5.41, 5.74) is 0.388. The Hall–Kier alpha value is -2.28. The van der Waals surface area contributed by atoms with Gasteiger partial charge in [0.25, 0.3) is 10.0 Å². The minimum absolute atomic E-state index is 0.0571. The van der Waals surface area contributed by atoms with Crippen molar-refractivity contribution in [3.8, 4) is 11.5 Å². The summed E-state index contributed by atoms with van der Waals surface area (Å²) in [6, 6.07) is 7.92. The average Bonchev–Trinajstić information content (AvgIpc) is 2.48. The molecule has 1 N–H and O–H groups in total. The molecule has 0 aliphatic carbocycles. The van der Waals surface area contributed by atoms with Crippen LogP contribution in [0.5, 0.6) is 11.5 Å². The molecule has 2 rings (SSSR count). The number of rotatable bonds is 7. The Kier molecular flexibility index (Phi) is 5.21. The van der Waals surface area contributed by atoms with Crippen LogP contribution < -0.4 is 14.2 Å². The largest absolute Gasteiger partial charge is 0.494 e. The summed E-state index contributed by atoms with van der Waals surface area (Å²) in [4.78, 5) is 3.94. The molecule has 0 radical (unpaired) electrons. The van der Waals surface area contributed by atoms with Crippen molar-refractivity contribution in [3.63, 3.8) is 0 Å². The predicted molar refractivity (Wildman–Crippen MR) is 83.8 cm³/mol. The maximum atomic E-state index is 12.5. The van der Waals surface area contributed by atoms with Crippen LogP contribution in [0.15, 0.2) is 47.6 Å². The first-order valence-electron chi connectivity index (χ1n) is 6.89. The van der Waals surface area contributed by atoms with E-state index in [9.17, 15) is 8.42 Å². The maximum Gasteiger partial charge on any atom is 0.265 e. The molecule has 0 fully saturated rings. The number of sulfonamides is 1. The van der Waals surface area contributed by atoms with Crippen molar-refractivity contribution in [2.75, 3.05) is 17.9 Å². The molecule has 0 atom stereocenters. The van der Waals surface area contributed by atoms with E-state index in [1.807, 2.05) is 6.92 Å². The molecule has 0 aliphatic heterocycles. The van der Waals surface area contributed by atoms with Gasteiger partial charge < -0.3 is 9.47 Å². The van der Waals surface area contributed by atoms with E-state index in [2.05, 4.69) is 9.71 Å². The Labute approximate surface area is 130 Å². The summed E-state index contributed by atoms with van der Waals surface area (Å²) in [5, 5.41) is 0. The molecule has 0 bridgehead atoms. The first-order chi connectivity index (χ1) is 10.6. The molecule has 2 aromatic rings. The number of pyridine rings is 1. The van der Waals surface area contributed by atoms with E-state index < -0.39 is 10.0 Å². The van der Waals surface area contributed by atoms with Gasteiger partial charge in [-0.3, -0.25) is 9.71 Å². The second kappa shape index (κ2) is 7.13. The first kappa shape index (κ1) is 16.1. The van der Waals surface area contributed by atoms with Crippen LogP contribution in [-0.2, 0) is 10.0 Å². The summed E-state index contributed by atoms with van der Waals surface area (Å²) in [7, 11) is -3.77. The van der Waals surface area contributed by atoms with Gasteiger partial charge in [0.2, 0.25) is 0 Å². The molecule has 0 saturated carbocycles. The average molecular weight is 322 g/mol. The van der Waals surface area contributed by atoms with Gasteiger partial charge in [-0.2, -0.15) is 0 Å². The minimum Gasteiger partial charge on any atom is -0.494 e. The molecule has 0 spiro atoms. The molecule has 118 valence electrons. The summed E-state index contributed by atoms with van der Waals surface area (Å²) in [6.45, 7) is 4.49. The minimum atomic E-state index is -3.77. The molecule has 1 heterocycles. The van der Waals surface area contributed by atoms with Crippen molar-refractivity contribution in [1.82, 2.24) is 4.98 Å². The van der Waals surface area contributed by atoms with E-state index in [0.717, 1.165) is 0 Å². The van der Waals surface area contributed by atoms with Gasteiger partial charge in [-0.25, -0.2) is 8.42 Å². The maximum absolute atomic E-state index is 12.5. The van der Waals surface area contributed by atoms with Crippen LogP contribution in [0.25, 0.3) is 0 Å². The number of aromatic nitrogens is 1. The van der Waals surface area contributed by atoms with E-state index in [0.29, 0.717) is 24.7 Å². The van der Waals surface area contributed by atoms with Gasteiger partial charge in [0, 0.05) is 12.3 Å². The Morgan fingerprint density at radius 3 is 2.55 bits per heavy atom. The summed E-state index contributed by atoms with van der Waals surface area (Å²) in [5.74, 6) is 0.816. The molecule has 0 unspecified atom stereocenters. The number of hydrogen-bond acceptors (Lipinski definition) is 5. The Bertz CT molecular complexity index is 718. The van der Waals surface area contributed by atoms with Crippen LogP contribution in [0.2, 0.25) is 0 Å². The normalized spacial score (nSPS) is 11.0. The van der Waals surface area contributed by atoms with Crippen molar-refractivity contribution in [2.45, 2.75) is 18.7 Å². The SMILES string of the molecule is CCOc1ccc(S(=O)(=O)Nc2cccnc2)c(OCC)c1. The molecule has 1 aromatic carbocycles. The van der Waals surface area contributed by atoms with Crippen molar-refractivity contribution in [2.24, 2.45) is 0 Å². The van der Waals surface area contributed by atoms with Crippen molar-refractivity contribution in [1.29, 1.82) is 0 Å². The van der Waals surface area contributed by atoms with E-state index >= 15 is 0 Å². The molecular formula is C15H18N2O4S. The molecule has 0 amide bonds. The smallest absolute Gasteiger partial charge is 0.265 e. The fourth-order valence-corrected chi connectivity index (χ4v) is 3.04. The van der Waals surface area contributed by atoms with E-state index in [1.165, 1.54) is 12.3 Å². The summed E-state index contributed by atoms with van der Waals surface area (Å²) < 4.78 is 38.3. The number of anilines is 1. The fraction of sp³-hybridized carbons (Fsp3) is 0.267. The van der Waals surface area contributed by atoms with E-state index in [4.69, 9.17) is 9.47 Å². The zero-order valence-electron chi connectivity index (χ0n) is 12.4. The standard InChI is InChI=1S/C15H18N2O4S/c1-3-20-13-7-8-15(14(10-13)21-4-2)22(18,19)17-12-6-5-9-16-11-12/h5-11,17H,3-4H2,1-2H3. The third-order valence-corrected chi connectivity index (χ3v) is 4.15. The lowest BCUT2D eigenvalue weighted by Crippen LogP contribution is -2.14. The molecular weight excluding hydrogens is 304 g/mol. The van der Waals surface area contributed by atoms with Gasteiger partial charge in [0.05, 0.1) is 25.1 Å². The lowest BCUT2D eigenvalue weighted by atomic mass is 10.3. The Morgan fingerprint density at radius 1 is 1.14 bits per heavy atom. The van der Waals surface area contributed by atoms with Gasteiger partial charge in [-0.15, -0.1) is 0 Å². The van der Waals surface area contributed by atoms with Crippen LogP contribution in [-0.4, -0.2) is 26.6 Å². The van der Waals surface area contributed by atoms with Gasteiger partial charge in [0.1, 0.15) is 16.4 Å². The number of hydrogen-bond donors (Lipinski definition) is 1. The number of nitrogens with zero attached hydrogens (tertiary/aromatic N) is 1. The predicted octanol–water partition coefficient (Wildman–Crippen LogP) is 2.68. The van der Waals surface area contributed by atoms with Gasteiger partial charge in [-0.1, -0.05) is 0 Å².